The van der Waals surface area contributed by atoms with Crippen LogP contribution in [0, 0.1) is 13.8 Å². The van der Waals surface area contributed by atoms with Gasteiger partial charge in [0.1, 0.15) is 0 Å². The fraction of sp³-hybridized carbons (Fsp3) is 0.250. The summed E-state index contributed by atoms with van der Waals surface area (Å²) in [4.78, 5) is 0. The Balaban J connectivity index is 2.51. The Bertz CT molecular complexity index is 435. The second-order valence-electron chi connectivity index (χ2n) is 3.78. The number of hydrogen-bond donors (Lipinski definition) is 0. The molecule has 14 heavy (non-hydrogen) atoms. The molecule has 72 valence electrons. The van der Waals surface area contributed by atoms with Crippen LogP contribution in [0.4, 0.5) is 0 Å². The summed E-state index contributed by atoms with van der Waals surface area (Å²) in [6.45, 7) is 4.24. The van der Waals surface area contributed by atoms with Crippen LogP contribution >= 0.6 is 0 Å². The molecular formula is C12H14N2. The summed E-state index contributed by atoms with van der Waals surface area (Å²) in [6, 6.07) is 6.55. The van der Waals surface area contributed by atoms with Crippen LogP contribution in [0.5, 0.6) is 0 Å². The van der Waals surface area contributed by atoms with Crippen molar-refractivity contribution in [2.24, 2.45) is 7.05 Å². The molecule has 0 atom stereocenters. The van der Waals surface area contributed by atoms with Crippen LogP contribution in [0.2, 0.25) is 0 Å². The van der Waals surface area contributed by atoms with Gasteiger partial charge in [0.2, 0.25) is 0 Å². The quantitative estimate of drug-likeness (QED) is 0.669. The summed E-state index contributed by atoms with van der Waals surface area (Å²) in [6.07, 6.45) is 3.93. The minimum absolute atomic E-state index is 1.18. The van der Waals surface area contributed by atoms with Crippen LogP contribution in [0.25, 0.3) is 11.1 Å². The van der Waals surface area contributed by atoms with E-state index < -0.39 is 0 Å². The van der Waals surface area contributed by atoms with Gasteiger partial charge in [-0.1, -0.05) is 29.3 Å². The first-order chi connectivity index (χ1) is 6.65. The number of aryl methyl sites for hydroxylation is 3. The van der Waals surface area contributed by atoms with Gasteiger partial charge in [-0.2, -0.15) is 5.10 Å². The molecule has 1 heterocycles. The normalized spacial score (nSPS) is 10.5. The van der Waals surface area contributed by atoms with E-state index in [2.05, 4.69) is 37.1 Å². The lowest BCUT2D eigenvalue weighted by Gasteiger charge is -2.01. The molecular weight excluding hydrogens is 172 g/mol. The molecule has 0 aliphatic rings. The van der Waals surface area contributed by atoms with E-state index in [4.69, 9.17) is 0 Å². The smallest absolute Gasteiger partial charge is 0.0568 e. The third kappa shape index (κ3) is 1.69. The first kappa shape index (κ1) is 9.00. The van der Waals surface area contributed by atoms with Gasteiger partial charge in [-0.3, -0.25) is 4.68 Å². The lowest BCUT2D eigenvalue weighted by Crippen LogP contribution is -1.84. The molecule has 2 heteroatoms. The molecule has 0 aliphatic heterocycles. The number of benzene rings is 1. The van der Waals surface area contributed by atoms with Gasteiger partial charge >= 0.3 is 0 Å². The predicted molar refractivity (Wildman–Crippen MR) is 58.1 cm³/mol. The zero-order valence-corrected chi connectivity index (χ0v) is 8.78. The Morgan fingerprint density at radius 2 is 1.64 bits per heavy atom. The van der Waals surface area contributed by atoms with Crippen molar-refractivity contribution in [1.82, 2.24) is 9.78 Å². The maximum Gasteiger partial charge on any atom is 0.0568 e. The van der Waals surface area contributed by atoms with Crippen LogP contribution in [0.15, 0.2) is 30.6 Å². The SMILES string of the molecule is Cc1cc(C)cc(-c2cnn(C)c2)c1. The van der Waals surface area contributed by atoms with Gasteiger partial charge in [-0.25, -0.2) is 0 Å². The van der Waals surface area contributed by atoms with E-state index in [-0.39, 0.29) is 0 Å². The summed E-state index contributed by atoms with van der Waals surface area (Å²) in [7, 11) is 1.94. The van der Waals surface area contributed by atoms with E-state index in [0.717, 1.165) is 0 Å². The first-order valence-electron chi connectivity index (χ1n) is 4.72. The van der Waals surface area contributed by atoms with Gasteiger partial charge in [-0.05, 0) is 19.4 Å². The Morgan fingerprint density at radius 3 is 2.14 bits per heavy atom. The number of nitrogens with zero attached hydrogens (tertiary/aromatic N) is 2. The topological polar surface area (TPSA) is 17.8 Å². The van der Waals surface area contributed by atoms with Gasteiger partial charge in [0.15, 0.2) is 0 Å². The Kier molecular flexibility index (Phi) is 2.12. The lowest BCUT2D eigenvalue weighted by atomic mass is 10.0. The highest BCUT2D eigenvalue weighted by atomic mass is 15.2. The molecule has 0 radical (unpaired) electrons. The highest BCUT2D eigenvalue weighted by Crippen LogP contribution is 2.21. The van der Waals surface area contributed by atoms with Gasteiger partial charge in [-0.15, -0.1) is 0 Å². The molecule has 0 amide bonds. The van der Waals surface area contributed by atoms with Crippen molar-refractivity contribution in [3.63, 3.8) is 0 Å². The minimum atomic E-state index is 1.18. The Morgan fingerprint density at radius 1 is 1.00 bits per heavy atom. The first-order valence-corrected chi connectivity index (χ1v) is 4.72. The van der Waals surface area contributed by atoms with Crippen LogP contribution in [0.3, 0.4) is 0 Å². The molecule has 1 aromatic heterocycles. The maximum atomic E-state index is 4.17. The van der Waals surface area contributed by atoms with Crippen molar-refractivity contribution >= 4 is 0 Å². The van der Waals surface area contributed by atoms with Gasteiger partial charge in [0, 0.05) is 18.8 Å². The zero-order chi connectivity index (χ0) is 10.1. The zero-order valence-electron chi connectivity index (χ0n) is 8.78. The molecule has 2 nitrogen and oxygen atoms in total. The molecule has 0 bridgehead atoms. The predicted octanol–water partition coefficient (Wildman–Crippen LogP) is 2.70. The average Bonchev–Trinajstić information content (AvgIpc) is 2.50. The van der Waals surface area contributed by atoms with Gasteiger partial charge < -0.3 is 0 Å². The third-order valence-electron chi connectivity index (χ3n) is 2.26. The highest BCUT2D eigenvalue weighted by Gasteiger charge is 2.01. The molecule has 2 aromatic rings. The standard InChI is InChI=1S/C12H14N2/c1-9-4-10(2)6-11(5-9)12-7-13-14(3)8-12/h4-8H,1-3H3. The van der Waals surface area contributed by atoms with E-state index >= 15 is 0 Å². The van der Waals surface area contributed by atoms with Crippen molar-refractivity contribution in [3.05, 3.63) is 41.7 Å². The summed E-state index contributed by atoms with van der Waals surface area (Å²) < 4.78 is 1.83. The number of rotatable bonds is 1. The largest absolute Gasteiger partial charge is 0.275 e. The van der Waals surface area contributed by atoms with Crippen molar-refractivity contribution in [3.8, 4) is 11.1 Å². The van der Waals surface area contributed by atoms with Crippen LogP contribution in [0.1, 0.15) is 11.1 Å². The third-order valence-corrected chi connectivity index (χ3v) is 2.26. The van der Waals surface area contributed by atoms with Crippen LogP contribution < -0.4 is 0 Å². The number of aromatic nitrogens is 2. The molecule has 2 rings (SSSR count). The molecule has 0 saturated heterocycles. The Hall–Kier alpha value is -1.57. The van der Waals surface area contributed by atoms with E-state index in [0.29, 0.717) is 0 Å². The molecule has 0 aliphatic carbocycles. The van der Waals surface area contributed by atoms with E-state index in [1.54, 1.807) is 0 Å². The van der Waals surface area contributed by atoms with E-state index in [9.17, 15) is 0 Å². The summed E-state index contributed by atoms with van der Waals surface area (Å²) in [5.41, 5.74) is 5.02. The monoisotopic (exact) mass is 186 g/mol. The van der Waals surface area contributed by atoms with E-state index in [1.165, 1.54) is 22.3 Å². The fourth-order valence-corrected chi connectivity index (χ4v) is 1.71. The molecule has 0 unspecified atom stereocenters. The molecule has 1 aromatic carbocycles. The molecule has 0 saturated carbocycles. The summed E-state index contributed by atoms with van der Waals surface area (Å²) in [5.74, 6) is 0. The van der Waals surface area contributed by atoms with Crippen LogP contribution in [-0.4, -0.2) is 9.78 Å². The van der Waals surface area contributed by atoms with Crippen molar-refractivity contribution in [2.75, 3.05) is 0 Å². The molecule has 0 spiro atoms. The fourth-order valence-electron chi connectivity index (χ4n) is 1.71. The minimum Gasteiger partial charge on any atom is -0.275 e. The lowest BCUT2D eigenvalue weighted by molar-refractivity contribution is 0.768. The summed E-state index contributed by atoms with van der Waals surface area (Å²) >= 11 is 0. The van der Waals surface area contributed by atoms with Crippen molar-refractivity contribution < 1.29 is 0 Å². The van der Waals surface area contributed by atoms with Gasteiger partial charge in [0.25, 0.3) is 0 Å². The van der Waals surface area contributed by atoms with Gasteiger partial charge in [0.05, 0.1) is 6.20 Å². The second kappa shape index (κ2) is 3.29. The summed E-state index contributed by atoms with van der Waals surface area (Å²) in [5, 5.41) is 4.17. The Labute approximate surface area is 84.2 Å². The molecule has 0 N–H and O–H groups in total. The maximum absolute atomic E-state index is 4.17. The average molecular weight is 186 g/mol. The van der Waals surface area contributed by atoms with Crippen LogP contribution in [-0.2, 0) is 7.05 Å². The van der Waals surface area contributed by atoms with E-state index in [1.807, 2.05) is 24.1 Å². The second-order valence-corrected chi connectivity index (χ2v) is 3.78. The van der Waals surface area contributed by atoms with Crippen molar-refractivity contribution in [1.29, 1.82) is 0 Å². The number of hydrogen-bond acceptors (Lipinski definition) is 1. The highest BCUT2D eigenvalue weighted by molar-refractivity contribution is 5.63. The molecule has 0 fully saturated rings. The van der Waals surface area contributed by atoms with Crippen molar-refractivity contribution in [2.45, 2.75) is 13.8 Å².